The molecular formula is C18H23N2O2+. The number of aromatic nitrogens is 1. The van der Waals surface area contributed by atoms with Gasteiger partial charge in [-0.2, -0.15) is 5.01 Å². The van der Waals surface area contributed by atoms with Crippen LogP contribution in [0.25, 0.3) is 0 Å². The zero-order valence-electron chi connectivity index (χ0n) is 12.9. The summed E-state index contributed by atoms with van der Waals surface area (Å²) in [5, 5.41) is 11.6. The van der Waals surface area contributed by atoms with Crippen LogP contribution in [-0.4, -0.2) is 23.7 Å². The van der Waals surface area contributed by atoms with Gasteiger partial charge in [-0.15, -0.1) is 0 Å². The fourth-order valence-corrected chi connectivity index (χ4v) is 2.47. The third-order valence-electron chi connectivity index (χ3n) is 3.65. The molecule has 0 fully saturated rings. The highest BCUT2D eigenvalue weighted by molar-refractivity contribution is 5.75. The molecule has 0 aliphatic heterocycles. The van der Waals surface area contributed by atoms with Crippen molar-refractivity contribution in [2.45, 2.75) is 32.2 Å². The summed E-state index contributed by atoms with van der Waals surface area (Å²) in [5.74, 6) is -0.795. The predicted molar refractivity (Wildman–Crippen MR) is 86.2 cm³/mol. The monoisotopic (exact) mass is 299 g/mol. The molecule has 0 saturated carbocycles. The van der Waals surface area contributed by atoms with Crippen molar-refractivity contribution in [3.63, 3.8) is 0 Å². The van der Waals surface area contributed by atoms with E-state index in [9.17, 15) is 9.90 Å². The smallest absolute Gasteiger partial charge is 0.332 e. The molecule has 0 amide bonds. The van der Waals surface area contributed by atoms with E-state index < -0.39 is 12.0 Å². The fraction of sp³-hybridized carbons (Fsp3) is 0.333. The van der Waals surface area contributed by atoms with Crippen molar-refractivity contribution in [3.8, 4) is 0 Å². The first-order valence-corrected chi connectivity index (χ1v) is 7.72. The number of aliphatic carboxylic acids is 1. The number of rotatable bonds is 8. The van der Waals surface area contributed by atoms with E-state index in [1.54, 1.807) is 0 Å². The van der Waals surface area contributed by atoms with Crippen LogP contribution in [-0.2, 0) is 11.2 Å². The predicted octanol–water partition coefficient (Wildman–Crippen LogP) is 2.41. The zero-order valence-corrected chi connectivity index (χ0v) is 12.9. The number of nitrogens with zero attached hydrogens (tertiary/aromatic N) is 2. The van der Waals surface area contributed by atoms with Crippen molar-refractivity contribution in [2.24, 2.45) is 0 Å². The summed E-state index contributed by atoms with van der Waals surface area (Å²) >= 11 is 0. The SMILES string of the molecule is CCCCN([C@@H](Cc1ccccc1)C(=O)O)[n+]1ccccc1. The number of hydrogen-bond donors (Lipinski definition) is 1. The Balaban J connectivity index is 2.26. The minimum absolute atomic E-state index is 0.488. The Morgan fingerprint density at radius 3 is 2.36 bits per heavy atom. The van der Waals surface area contributed by atoms with Gasteiger partial charge in [-0.1, -0.05) is 54.4 Å². The molecule has 0 bridgehead atoms. The normalized spacial score (nSPS) is 11.9. The van der Waals surface area contributed by atoms with E-state index in [1.165, 1.54) is 0 Å². The van der Waals surface area contributed by atoms with Gasteiger partial charge in [0.25, 0.3) is 0 Å². The molecule has 0 spiro atoms. The summed E-state index contributed by atoms with van der Waals surface area (Å²) in [7, 11) is 0. The third-order valence-corrected chi connectivity index (χ3v) is 3.65. The molecule has 1 aromatic carbocycles. The highest BCUT2D eigenvalue weighted by Crippen LogP contribution is 2.08. The van der Waals surface area contributed by atoms with Gasteiger partial charge >= 0.3 is 5.97 Å². The molecule has 0 saturated heterocycles. The lowest BCUT2D eigenvalue weighted by atomic mass is 10.1. The molecule has 1 heterocycles. The Bertz CT molecular complexity index is 572. The van der Waals surface area contributed by atoms with Crippen LogP contribution in [0.4, 0.5) is 0 Å². The van der Waals surface area contributed by atoms with E-state index in [0.717, 1.165) is 24.9 Å². The number of carbonyl (C=O) groups is 1. The van der Waals surface area contributed by atoms with Crippen molar-refractivity contribution in [1.29, 1.82) is 0 Å². The molecule has 22 heavy (non-hydrogen) atoms. The maximum Gasteiger partial charge on any atom is 0.332 e. The number of carboxylic acids is 1. The lowest BCUT2D eigenvalue weighted by molar-refractivity contribution is -0.696. The minimum Gasteiger partial charge on any atom is -0.480 e. The second kappa shape index (κ2) is 8.17. The average molecular weight is 299 g/mol. The Labute approximate surface area is 131 Å². The van der Waals surface area contributed by atoms with Crippen molar-refractivity contribution >= 4 is 5.97 Å². The first-order valence-electron chi connectivity index (χ1n) is 7.72. The van der Waals surface area contributed by atoms with Gasteiger partial charge < -0.3 is 5.11 Å². The van der Waals surface area contributed by atoms with Crippen LogP contribution in [0.2, 0.25) is 0 Å². The van der Waals surface area contributed by atoms with Gasteiger partial charge in [0.05, 0.1) is 6.54 Å². The van der Waals surface area contributed by atoms with E-state index in [2.05, 4.69) is 6.92 Å². The van der Waals surface area contributed by atoms with Gasteiger partial charge in [0, 0.05) is 18.6 Å². The van der Waals surface area contributed by atoms with Crippen LogP contribution in [0, 0.1) is 0 Å². The molecular weight excluding hydrogens is 276 g/mol. The van der Waals surface area contributed by atoms with Gasteiger partial charge in [0.1, 0.15) is 0 Å². The Kier molecular flexibility index (Phi) is 5.95. The molecule has 0 radical (unpaired) electrons. The molecule has 2 rings (SSSR count). The van der Waals surface area contributed by atoms with Crippen LogP contribution in [0.15, 0.2) is 60.9 Å². The molecule has 1 aromatic heterocycles. The topological polar surface area (TPSA) is 44.4 Å². The number of pyridine rings is 1. The highest BCUT2D eigenvalue weighted by atomic mass is 16.4. The summed E-state index contributed by atoms with van der Waals surface area (Å²) in [5.41, 5.74) is 1.04. The Morgan fingerprint density at radius 1 is 1.14 bits per heavy atom. The summed E-state index contributed by atoms with van der Waals surface area (Å²) in [4.78, 5) is 11.8. The molecule has 116 valence electrons. The van der Waals surface area contributed by atoms with Crippen LogP contribution in [0.1, 0.15) is 25.3 Å². The van der Waals surface area contributed by atoms with Gasteiger partial charge in [0.2, 0.25) is 0 Å². The second-order valence-corrected chi connectivity index (χ2v) is 5.32. The van der Waals surface area contributed by atoms with Gasteiger partial charge in [-0.25, -0.2) is 4.79 Å². The zero-order chi connectivity index (χ0) is 15.8. The number of carboxylic acid groups (broad SMARTS) is 1. The van der Waals surface area contributed by atoms with Crippen molar-refractivity contribution in [3.05, 3.63) is 66.5 Å². The minimum atomic E-state index is -0.795. The van der Waals surface area contributed by atoms with E-state index in [-0.39, 0.29) is 0 Å². The van der Waals surface area contributed by atoms with Gasteiger partial charge in [-0.05, 0) is 12.0 Å². The first kappa shape index (κ1) is 16.0. The summed E-state index contributed by atoms with van der Waals surface area (Å²) in [6.07, 6.45) is 6.27. The maximum absolute atomic E-state index is 11.8. The lowest BCUT2D eigenvalue weighted by Crippen LogP contribution is -2.65. The summed E-state index contributed by atoms with van der Waals surface area (Å²) in [6, 6.07) is 15.0. The van der Waals surface area contributed by atoms with E-state index >= 15 is 0 Å². The van der Waals surface area contributed by atoms with Crippen LogP contribution >= 0.6 is 0 Å². The van der Waals surface area contributed by atoms with Crippen LogP contribution in [0.3, 0.4) is 0 Å². The molecule has 0 aliphatic carbocycles. The molecule has 0 aliphatic rings. The molecule has 1 atom stereocenters. The van der Waals surface area contributed by atoms with Crippen LogP contribution in [0.5, 0.6) is 0 Å². The maximum atomic E-state index is 11.8. The number of benzene rings is 1. The first-order chi connectivity index (χ1) is 10.7. The highest BCUT2D eigenvalue weighted by Gasteiger charge is 2.30. The molecule has 0 unspecified atom stereocenters. The van der Waals surface area contributed by atoms with Gasteiger partial charge in [0.15, 0.2) is 18.4 Å². The third kappa shape index (κ3) is 4.32. The lowest BCUT2D eigenvalue weighted by Gasteiger charge is -2.24. The Hall–Kier alpha value is -2.36. The van der Waals surface area contributed by atoms with E-state index in [4.69, 9.17) is 0 Å². The van der Waals surface area contributed by atoms with E-state index in [0.29, 0.717) is 6.42 Å². The molecule has 2 aromatic rings. The number of unbranched alkanes of at least 4 members (excludes halogenated alkanes) is 1. The van der Waals surface area contributed by atoms with Crippen LogP contribution < -0.4 is 9.69 Å². The van der Waals surface area contributed by atoms with Crippen molar-refractivity contribution < 1.29 is 14.6 Å². The molecule has 1 N–H and O–H groups in total. The standard InChI is InChI=1S/C18H22N2O2/c1-2-3-14-20(19-12-8-5-9-13-19)17(18(21)22)15-16-10-6-4-7-11-16/h4-13,17H,2-3,14-15H2,1H3/p+1/t17-/m0/s1. The molecule has 4 heteroatoms. The van der Waals surface area contributed by atoms with Crippen molar-refractivity contribution in [2.75, 3.05) is 11.6 Å². The van der Waals surface area contributed by atoms with E-state index in [1.807, 2.05) is 70.6 Å². The summed E-state index contributed by atoms with van der Waals surface area (Å²) in [6.45, 7) is 2.83. The quantitative estimate of drug-likeness (QED) is 0.761. The largest absolute Gasteiger partial charge is 0.480 e. The molecule has 4 nitrogen and oxygen atoms in total. The average Bonchev–Trinajstić information content (AvgIpc) is 2.56. The fourth-order valence-electron chi connectivity index (χ4n) is 2.47. The second-order valence-electron chi connectivity index (χ2n) is 5.32. The Morgan fingerprint density at radius 2 is 1.77 bits per heavy atom. The van der Waals surface area contributed by atoms with Gasteiger partial charge in [-0.3, -0.25) is 0 Å². The summed E-state index contributed by atoms with van der Waals surface area (Å²) < 4.78 is 1.89. The number of hydrogen-bond acceptors (Lipinski definition) is 2. The van der Waals surface area contributed by atoms with Crippen molar-refractivity contribution in [1.82, 2.24) is 0 Å².